The quantitative estimate of drug-likeness (QED) is 0.789. The van der Waals surface area contributed by atoms with Gasteiger partial charge in [-0.3, -0.25) is 4.98 Å². The van der Waals surface area contributed by atoms with E-state index in [9.17, 15) is 0 Å². The highest BCUT2D eigenvalue weighted by atomic mass is 14.9. The summed E-state index contributed by atoms with van der Waals surface area (Å²) in [7, 11) is 2.11. The number of nitrogens with zero attached hydrogens (tertiary/aromatic N) is 1. The number of aromatic nitrogens is 1. The third-order valence-electron chi connectivity index (χ3n) is 3.78. The molecule has 2 nitrogen and oxygen atoms in total. The molecule has 0 radical (unpaired) electrons. The van der Waals surface area contributed by atoms with E-state index in [2.05, 4.69) is 29.5 Å². The van der Waals surface area contributed by atoms with Gasteiger partial charge in [-0.05, 0) is 49.9 Å². The zero-order valence-corrected chi connectivity index (χ0v) is 10.2. The number of hydrogen-bond acceptors (Lipinski definition) is 2. The van der Waals surface area contributed by atoms with E-state index in [1.165, 1.54) is 44.1 Å². The zero-order valence-electron chi connectivity index (χ0n) is 10.2. The molecular formula is C14H22N2. The van der Waals surface area contributed by atoms with Crippen LogP contribution in [0.25, 0.3) is 0 Å². The van der Waals surface area contributed by atoms with Gasteiger partial charge in [0.05, 0.1) is 0 Å². The molecule has 2 atom stereocenters. The summed E-state index contributed by atoms with van der Waals surface area (Å²) >= 11 is 0. The molecule has 1 aliphatic carbocycles. The Labute approximate surface area is 98.5 Å². The summed E-state index contributed by atoms with van der Waals surface area (Å²) in [5.41, 5.74) is 1.43. The highest BCUT2D eigenvalue weighted by molar-refractivity contribution is 5.11. The highest BCUT2D eigenvalue weighted by Gasteiger charge is 2.22. The maximum Gasteiger partial charge on any atom is 0.0270 e. The summed E-state index contributed by atoms with van der Waals surface area (Å²) in [6.07, 6.45) is 11.9. The minimum absolute atomic E-state index is 0.704. The van der Waals surface area contributed by atoms with E-state index >= 15 is 0 Å². The fourth-order valence-electron chi connectivity index (χ4n) is 2.83. The molecule has 0 amide bonds. The number of rotatable bonds is 3. The van der Waals surface area contributed by atoms with Crippen molar-refractivity contribution < 1.29 is 0 Å². The molecule has 1 N–H and O–H groups in total. The Bertz CT molecular complexity index is 297. The first kappa shape index (κ1) is 11.6. The van der Waals surface area contributed by atoms with E-state index in [4.69, 9.17) is 0 Å². The number of pyridine rings is 1. The van der Waals surface area contributed by atoms with Crippen molar-refractivity contribution in [1.29, 1.82) is 0 Å². The van der Waals surface area contributed by atoms with Crippen molar-refractivity contribution >= 4 is 0 Å². The van der Waals surface area contributed by atoms with Gasteiger partial charge in [0, 0.05) is 18.4 Å². The van der Waals surface area contributed by atoms with Crippen LogP contribution in [0.4, 0.5) is 0 Å². The van der Waals surface area contributed by atoms with Gasteiger partial charge in [-0.15, -0.1) is 0 Å². The van der Waals surface area contributed by atoms with Crippen molar-refractivity contribution in [3.05, 3.63) is 30.1 Å². The van der Waals surface area contributed by atoms with E-state index < -0.39 is 0 Å². The van der Waals surface area contributed by atoms with Crippen molar-refractivity contribution in [3.8, 4) is 0 Å². The smallest absolute Gasteiger partial charge is 0.0270 e. The molecule has 2 rings (SSSR count). The Balaban J connectivity index is 2.00. The van der Waals surface area contributed by atoms with Crippen LogP contribution in [0.2, 0.25) is 0 Å². The molecule has 1 heterocycles. The van der Waals surface area contributed by atoms with Gasteiger partial charge in [-0.2, -0.15) is 0 Å². The van der Waals surface area contributed by atoms with Crippen LogP contribution in [0.15, 0.2) is 24.5 Å². The fraction of sp³-hybridized carbons (Fsp3) is 0.643. The van der Waals surface area contributed by atoms with Crippen LogP contribution in [0, 0.1) is 5.92 Å². The summed E-state index contributed by atoms with van der Waals surface area (Å²) in [6.45, 7) is 0. The summed E-state index contributed by atoms with van der Waals surface area (Å²) in [5.74, 6) is 0.801. The monoisotopic (exact) mass is 218 g/mol. The second kappa shape index (κ2) is 6.00. The van der Waals surface area contributed by atoms with Crippen LogP contribution in [-0.4, -0.2) is 18.1 Å². The Hall–Kier alpha value is -0.890. The minimum Gasteiger partial charge on any atom is -0.317 e. The molecule has 0 spiro atoms. The molecule has 1 aromatic rings. The molecule has 2 unspecified atom stereocenters. The van der Waals surface area contributed by atoms with Gasteiger partial charge >= 0.3 is 0 Å². The molecule has 1 fully saturated rings. The van der Waals surface area contributed by atoms with Crippen LogP contribution in [0.3, 0.4) is 0 Å². The molecule has 16 heavy (non-hydrogen) atoms. The lowest BCUT2D eigenvalue weighted by Gasteiger charge is -2.24. The largest absolute Gasteiger partial charge is 0.317 e. The highest BCUT2D eigenvalue weighted by Crippen LogP contribution is 2.26. The van der Waals surface area contributed by atoms with Crippen LogP contribution < -0.4 is 5.32 Å². The topological polar surface area (TPSA) is 24.9 Å². The summed E-state index contributed by atoms with van der Waals surface area (Å²) in [5, 5.41) is 3.50. The lowest BCUT2D eigenvalue weighted by atomic mass is 9.89. The Morgan fingerprint density at radius 3 is 2.69 bits per heavy atom. The number of nitrogens with one attached hydrogen (secondary N) is 1. The third-order valence-corrected chi connectivity index (χ3v) is 3.78. The molecule has 1 aromatic heterocycles. The molecule has 1 saturated carbocycles. The molecule has 88 valence electrons. The Morgan fingerprint density at radius 2 is 1.94 bits per heavy atom. The van der Waals surface area contributed by atoms with Gasteiger partial charge in [0.2, 0.25) is 0 Å². The van der Waals surface area contributed by atoms with Crippen LogP contribution in [0.5, 0.6) is 0 Å². The molecule has 0 bridgehead atoms. The van der Waals surface area contributed by atoms with E-state index in [0.717, 1.165) is 5.92 Å². The molecule has 2 heteroatoms. The van der Waals surface area contributed by atoms with Crippen LogP contribution >= 0.6 is 0 Å². The Kier molecular flexibility index (Phi) is 4.34. The van der Waals surface area contributed by atoms with Crippen LogP contribution in [0.1, 0.15) is 37.7 Å². The van der Waals surface area contributed by atoms with Crippen molar-refractivity contribution in [2.75, 3.05) is 7.05 Å². The molecule has 0 saturated heterocycles. The van der Waals surface area contributed by atoms with Gasteiger partial charge in [0.1, 0.15) is 0 Å². The van der Waals surface area contributed by atoms with Crippen molar-refractivity contribution in [2.24, 2.45) is 5.92 Å². The second-order valence-corrected chi connectivity index (χ2v) is 4.85. The second-order valence-electron chi connectivity index (χ2n) is 4.85. The minimum atomic E-state index is 0.704. The van der Waals surface area contributed by atoms with Crippen molar-refractivity contribution in [3.63, 3.8) is 0 Å². The summed E-state index contributed by atoms with van der Waals surface area (Å²) in [6, 6.07) is 5.01. The zero-order chi connectivity index (χ0) is 11.2. The van der Waals surface area contributed by atoms with E-state index in [-0.39, 0.29) is 0 Å². The van der Waals surface area contributed by atoms with E-state index in [1.807, 2.05) is 12.4 Å². The SMILES string of the molecule is CNC1CCCCCC1Cc1ccncc1. The van der Waals surface area contributed by atoms with Gasteiger partial charge < -0.3 is 5.32 Å². The normalized spacial score (nSPS) is 26.3. The molecule has 0 aliphatic heterocycles. The van der Waals surface area contributed by atoms with E-state index in [1.54, 1.807) is 0 Å². The van der Waals surface area contributed by atoms with E-state index in [0.29, 0.717) is 6.04 Å². The lowest BCUT2D eigenvalue weighted by molar-refractivity contribution is 0.350. The summed E-state index contributed by atoms with van der Waals surface area (Å²) in [4.78, 5) is 4.08. The fourth-order valence-corrected chi connectivity index (χ4v) is 2.83. The first-order valence-corrected chi connectivity index (χ1v) is 6.46. The number of hydrogen-bond donors (Lipinski definition) is 1. The average Bonchev–Trinajstić information content (AvgIpc) is 2.55. The van der Waals surface area contributed by atoms with Gasteiger partial charge in [-0.1, -0.05) is 19.3 Å². The predicted molar refractivity (Wildman–Crippen MR) is 67.4 cm³/mol. The third kappa shape index (κ3) is 3.05. The Morgan fingerprint density at radius 1 is 1.19 bits per heavy atom. The van der Waals surface area contributed by atoms with Crippen molar-refractivity contribution in [2.45, 2.75) is 44.6 Å². The lowest BCUT2D eigenvalue weighted by Crippen LogP contribution is -2.33. The average molecular weight is 218 g/mol. The molecular weight excluding hydrogens is 196 g/mol. The summed E-state index contributed by atoms with van der Waals surface area (Å²) < 4.78 is 0. The van der Waals surface area contributed by atoms with Gasteiger partial charge in [-0.25, -0.2) is 0 Å². The maximum absolute atomic E-state index is 4.08. The van der Waals surface area contributed by atoms with Gasteiger partial charge in [0.25, 0.3) is 0 Å². The van der Waals surface area contributed by atoms with Crippen LogP contribution in [-0.2, 0) is 6.42 Å². The first-order valence-electron chi connectivity index (χ1n) is 6.46. The maximum atomic E-state index is 4.08. The van der Waals surface area contributed by atoms with Crippen molar-refractivity contribution in [1.82, 2.24) is 10.3 Å². The molecule has 0 aromatic carbocycles. The standard InChI is InChI=1S/C14H22N2/c1-15-14-6-4-2-3-5-13(14)11-12-7-9-16-10-8-12/h7-10,13-15H,2-6,11H2,1H3. The first-order chi connectivity index (χ1) is 7.90. The predicted octanol–water partition coefficient (Wildman–Crippen LogP) is 2.79. The van der Waals surface area contributed by atoms with Gasteiger partial charge in [0.15, 0.2) is 0 Å². The molecule has 1 aliphatic rings.